The molecule has 0 spiro atoms. The third-order valence-electron chi connectivity index (χ3n) is 5.76. The number of benzene rings is 2. The highest BCUT2D eigenvalue weighted by Crippen LogP contribution is 2.33. The van der Waals surface area contributed by atoms with Crippen molar-refractivity contribution in [1.82, 2.24) is 0 Å². The van der Waals surface area contributed by atoms with Gasteiger partial charge in [0.05, 0.1) is 26.4 Å². The summed E-state index contributed by atoms with van der Waals surface area (Å²) in [7, 11) is 0. The molecule has 0 bridgehead atoms. The van der Waals surface area contributed by atoms with E-state index in [9.17, 15) is 10.2 Å². The van der Waals surface area contributed by atoms with Gasteiger partial charge in [0.2, 0.25) is 0 Å². The molecular formula is C33H50O7. The fraction of sp³-hybridized carbons (Fsp3) is 0.515. The van der Waals surface area contributed by atoms with Crippen LogP contribution in [0.5, 0.6) is 11.5 Å². The van der Waals surface area contributed by atoms with Crippen molar-refractivity contribution in [3.05, 3.63) is 84.0 Å². The van der Waals surface area contributed by atoms with Gasteiger partial charge in [0.15, 0.2) is 0 Å². The van der Waals surface area contributed by atoms with E-state index >= 15 is 0 Å². The summed E-state index contributed by atoms with van der Waals surface area (Å²) in [6.45, 7) is 22.9. The third-order valence-corrected chi connectivity index (χ3v) is 5.76. The van der Waals surface area contributed by atoms with E-state index in [-0.39, 0.29) is 31.8 Å². The minimum Gasteiger partial charge on any atom is -0.491 e. The first-order chi connectivity index (χ1) is 19.0. The molecule has 0 aliphatic heterocycles. The Balaban J connectivity index is 0.00000146. The molecule has 0 saturated carbocycles. The summed E-state index contributed by atoms with van der Waals surface area (Å²) in [5.74, 6) is 1.39. The molecule has 2 atom stereocenters. The molecule has 2 N–H and O–H groups in total. The molecule has 2 aromatic carbocycles. The molecule has 0 heterocycles. The molecule has 7 nitrogen and oxygen atoms in total. The molecule has 2 rings (SSSR count). The fourth-order valence-electron chi connectivity index (χ4n) is 3.53. The van der Waals surface area contributed by atoms with Crippen LogP contribution < -0.4 is 9.47 Å². The van der Waals surface area contributed by atoms with Crippen LogP contribution in [0.1, 0.15) is 52.7 Å². The molecule has 0 fully saturated rings. The molecule has 0 saturated heterocycles. The van der Waals surface area contributed by atoms with E-state index in [1.807, 2.05) is 76.2 Å². The molecule has 0 aromatic heterocycles. The molecule has 0 aliphatic rings. The zero-order valence-electron chi connectivity index (χ0n) is 25.3. The van der Waals surface area contributed by atoms with E-state index in [1.165, 1.54) is 0 Å². The van der Waals surface area contributed by atoms with Crippen molar-refractivity contribution in [2.75, 3.05) is 52.9 Å². The zero-order chi connectivity index (χ0) is 30.0. The smallest absolute Gasteiger partial charge is 0.119 e. The van der Waals surface area contributed by atoms with Gasteiger partial charge in [-0.2, -0.15) is 0 Å². The summed E-state index contributed by atoms with van der Waals surface area (Å²) in [4.78, 5) is 0. The maximum atomic E-state index is 9.99. The van der Waals surface area contributed by atoms with Gasteiger partial charge in [-0.25, -0.2) is 0 Å². The Bertz CT molecular complexity index is 890. The average molecular weight is 559 g/mol. The summed E-state index contributed by atoms with van der Waals surface area (Å²) in [5, 5.41) is 20.0. The van der Waals surface area contributed by atoms with Gasteiger partial charge in [-0.15, -0.1) is 0 Å². The Morgan fingerprint density at radius 3 is 1.27 bits per heavy atom. The first kappa shape index (κ1) is 35.3. The molecular weight excluding hydrogens is 508 g/mol. The topological polar surface area (TPSA) is 86.6 Å². The largest absolute Gasteiger partial charge is 0.491 e. The van der Waals surface area contributed by atoms with Crippen molar-refractivity contribution in [1.29, 1.82) is 0 Å². The summed E-state index contributed by atoms with van der Waals surface area (Å²) >= 11 is 0. The molecule has 7 heteroatoms. The average Bonchev–Trinajstić information content (AvgIpc) is 2.91. The molecule has 224 valence electrons. The molecule has 2 aromatic rings. The predicted octanol–water partition coefficient (Wildman–Crippen LogP) is 5.72. The van der Waals surface area contributed by atoms with E-state index in [0.29, 0.717) is 24.7 Å². The molecule has 0 aliphatic carbocycles. The Kier molecular flexibility index (Phi) is 17.1. The lowest BCUT2D eigenvalue weighted by Gasteiger charge is -2.26. The molecule has 0 amide bonds. The van der Waals surface area contributed by atoms with Crippen LogP contribution in [0.15, 0.2) is 72.8 Å². The van der Waals surface area contributed by atoms with Crippen molar-refractivity contribution < 1.29 is 33.9 Å². The number of rotatable bonds is 18. The standard InChI is InChI=1S/C29H40O6.C4H10O/c1-21(2)15-32-17-25(30)19-34-27-11-7-23(8-12-27)29(5,6)24-9-13-28(14-10-24)35-20-26(31)18-33-16-22(3)4;1-3-5-4-2/h7-14,25-26,30-31H,1,3,15-20H2,2,4-6H3;3-4H2,1-2H3. The Labute approximate surface area is 241 Å². The van der Waals surface area contributed by atoms with Crippen molar-refractivity contribution >= 4 is 0 Å². The van der Waals surface area contributed by atoms with E-state index in [2.05, 4.69) is 27.0 Å². The Morgan fingerprint density at radius 2 is 1.00 bits per heavy atom. The van der Waals surface area contributed by atoms with Crippen molar-refractivity contribution in [2.45, 2.75) is 59.2 Å². The van der Waals surface area contributed by atoms with Crippen LogP contribution in [0.4, 0.5) is 0 Å². The highest BCUT2D eigenvalue weighted by atomic mass is 16.5. The van der Waals surface area contributed by atoms with Gasteiger partial charge in [-0.1, -0.05) is 62.4 Å². The molecule has 0 radical (unpaired) electrons. The Hall–Kier alpha value is -2.68. The summed E-state index contributed by atoms with van der Waals surface area (Å²) < 4.78 is 26.9. The lowest BCUT2D eigenvalue weighted by atomic mass is 9.78. The third kappa shape index (κ3) is 14.6. The van der Waals surface area contributed by atoms with Crippen LogP contribution in [0.25, 0.3) is 0 Å². The second kappa shape index (κ2) is 19.4. The van der Waals surface area contributed by atoms with E-state index in [4.69, 9.17) is 23.7 Å². The summed E-state index contributed by atoms with van der Waals surface area (Å²) in [6.07, 6.45) is -1.40. The van der Waals surface area contributed by atoms with Crippen LogP contribution in [-0.4, -0.2) is 75.3 Å². The maximum Gasteiger partial charge on any atom is 0.119 e. The van der Waals surface area contributed by atoms with E-state index in [0.717, 1.165) is 35.5 Å². The lowest BCUT2D eigenvalue weighted by Crippen LogP contribution is -2.24. The second-order valence-corrected chi connectivity index (χ2v) is 10.3. The summed E-state index contributed by atoms with van der Waals surface area (Å²) in [5.41, 5.74) is 3.86. The second-order valence-electron chi connectivity index (χ2n) is 10.3. The maximum absolute atomic E-state index is 9.99. The Morgan fingerprint density at radius 1 is 0.650 bits per heavy atom. The van der Waals surface area contributed by atoms with Crippen LogP contribution in [0.2, 0.25) is 0 Å². The normalized spacial score (nSPS) is 12.6. The van der Waals surface area contributed by atoms with Crippen molar-refractivity contribution in [2.24, 2.45) is 0 Å². The zero-order valence-corrected chi connectivity index (χ0v) is 25.3. The first-order valence-electron chi connectivity index (χ1n) is 13.8. The summed E-state index contributed by atoms with van der Waals surface area (Å²) in [6, 6.07) is 15.8. The van der Waals surface area contributed by atoms with Gasteiger partial charge in [0.1, 0.15) is 36.9 Å². The number of ether oxygens (including phenoxy) is 5. The SMILES string of the molecule is C=C(C)COCC(O)COc1ccc(C(C)(C)c2ccc(OCC(O)COCC(=C)C)cc2)cc1.CCOCC. The van der Waals surface area contributed by atoms with E-state index < -0.39 is 12.2 Å². The first-order valence-corrected chi connectivity index (χ1v) is 13.8. The minimum atomic E-state index is -0.698. The number of aliphatic hydroxyl groups is 2. The predicted molar refractivity (Wildman–Crippen MR) is 161 cm³/mol. The van der Waals surface area contributed by atoms with Crippen LogP contribution in [0, 0.1) is 0 Å². The van der Waals surface area contributed by atoms with Crippen molar-refractivity contribution in [3.8, 4) is 11.5 Å². The lowest BCUT2D eigenvalue weighted by molar-refractivity contribution is 0.0195. The fourth-order valence-corrected chi connectivity index (χ4v) is 3.53. The molecule has 2 unspecified atom stereocenters. The number of hydrogen-bond donors (Lipinski definition) is 2. The number of aliphatic hydroxyl groups excluding tert-OH is 2. The van der Waals surface area contributed by atoms with Crippen molar-refractivity contribution in [3.63, 3.8) is 0 Å². The quantitative estimate of drug-likeness (QED) is 0.226. The van der Waals surface area contributed by atoms with E-state index in [1.54, 1.807) is 0 Å². The van der Waals surface area contributed by atoms with Gasteiger partial charge in [0, 0.05) is 18.6 Å². The van der Waals surface area contributed by atoms with Gasteiger partial charge >= 0.3 is 0 Å². The van der Waals surface area contributed by atoms with Gasteiger partial charge in [-0.05, 0) is 63.1 Å². The van der Waals surface area contributed by atoms with Crippen LogP contribution in [0.3, 0.4) is 0 Å². The molecule has 40 heavy (non-hydrogen) atoms. The monoisotopic (exact) mass is 558 g/mol. The van der Waals surface area contributed by atoms with Gasteiger partial charge < -0.3 is 33.9 Å². The van der Waals surface area contributed by atoms with Gasteiger partial charge in [0.25, 0.3) is 0 Å². The van der Waals surface area contributed by atoms with Crippen LogP contribution >= 0.6 is 0 Å². The van der Waals surface area contributed by atoms with Gasteiger partial charge in [-0.3, -0.25) is 0 Å². The highest BCUT2D eigenvalue weighted by Gasteiger charge is 2.23. The van der Waals surface area contributed by atoms with Crippen LogP contribution in [-0.2, 0) is 19.6 Å². The highest BCUT2D eigenvalue weighted by molar-refractivity contribution is 5.41. The minimum absolute atomic E-state index is 0.162. The number of hydrogen-bond acceptors (Lipinski definition) is 7.